The van der Waals surface area contributed by atoms with Crippen LogP contribution >= 0.6 is 0 Å². The number of ether oxygens (including phenoxy) is 1. The minimum absolute atomic E-state index is 0.0279. The highest BCUT2D eigenvalue weighted by atomic mass is 16.5. The lowest BCUT2D eigenvalue weighted by molar-refractivity contribution is 0.0118. The van der Waals surface area contributed by atoms with E-state index in [4.69, 9.17) is 4.74 Å². The molecule has 2 fully saturated rings. The first-order valence-corrected chi connectivity index (χ1v) is 8.77. The molecule has 0 amide bonds. The first-order chi connectivity index (χ1) is 11.6. The zero-order valence-corrected chi connectivity index (χ0v) is 14.5. The number of aromatic nitrogens is 2. The number of anilines is 1. The summed E-state index contributed by atoms with van der Waals surface area (Å²) in [7, 11) is 2.06. The second-order valence-electron chi connectivity index (χ2n) is 7.37. The lowest BCUT2D eigenvalue weighted by Crippen LogP contribution is -2.33. The predicted molar refractivity (Wildman–Crippen MR) is 95.0 cm³/mol. The summed E-state index contributed by atoms with van der Waals surface area (Å²) in [6, 6.07) is 8.98. The highest BCUT2D eigenvalue weighted by Crippen LogP contribution is 2.36. The molecular weight excluding hydrogens is 300 g/mol. The number of hydrogen-bond acceptors (Lipinski definition) is 4. The second-order valence-corrected chi connectivity index (χ2v) is 7.37. The molecule has 5 heteroatoms. The number of nitrogens with zero attached hydrogens (tertiary/aromatic N) is 3. The number of benzene rings is 1. The maximum atomic E-state index is 6.27. The summed E-state index contributed by atoms with van der Waals surface area (Å²) in [5.74, 6) is 0. The van der Waals surface area contributed by atoms with Gasteiger partial charge in [-0.3, -0.25) is 4.90 Å². The molecule has 2 aromatic rings. The molecule has 128 valence electrons. The molecule has 2 atom stereocenters. The molecule has 2 aliphatic rings. The Bertz CT molecular complexity index is 713. The summed E-state index contributed by atoms with van der Waals surface area (Å²) in [6.07, 6.45) is 6.04. The van der Waals surface area contributed by atoms with Crippen LogP contribution in [0.5, 0.6) is 0 Å². The highest BCUT2D eigenvalue weighted by molar-refractivity contribution is 5.46. The number of nitrogens with one attached hydrogen (secondary N) is 1. The molecule has 3 heterocycles. The Kier molecular flexibility index (Phi) is 4.06. The summed E-state index contributed by atoms with van der Waals surface area (Å²) in [5, 5.41) is 3.64. The van der Waals surface area contributed by atoms with Gasteiger partial charge in [-0.1, -0.05) is 12.1 Å². The first-order valence-electron chi connectivity index (χ1n) is 8.77. The Hall–Kier alpha value is -1.85. The van der Waals surface area contributed by atoms with E-state index in [-0.39, 0.29) is 5.60 Å². The van der Waals surface area contributed by atoms with Crippen molar-refractivity contribution in [3.8, 4) is 0 Å². The van der Waals surface area contributed by atoms with E-state index in [0.29, 0.717) is 6.04 Å². The average molecular weight is 326 g/mol. The fourth-order valence-electron chi connectivity index (χ4n) is 4.02. The third-order valence-electron chi connectivity index (χ3n) is 5.30. The van der Waals surface area contributed by atoms with Crippen LogP contribution in [0.3, 0.4) is 0 Å². The van der Waals surface area contributed by atoms with Crippen LogP contribution in [-0.4, -0.2) is 45.8 Å². The van der Waals surface area contributed by atoms with Gasteiger partial charge in [0.1, 0.15) is 0 Å². The van der Waals surface area contributed by atoms with E-state index >= 15 is 0 Å². The molecule has 1 aromatic heterocycles. The van der Waals surface area contributed by atoms with Gasteiger partial charge >= 0.3 is 0 Å². The molecular formula is C19H26N4O. The molecule has 0 aliphatic carbocycles. The van der Waals surface area contributed by atoms with Crippen molar-refractivity contribution in [1.29, 1.82) is 0 Å². The molecule has 0 bridgehead atoms. The van der Waals surface area contributed by atoms with Crippen molar-refractivity contribution in [1.82, 2.24) is 14.5 Å². The van der Waals surface area contributed by atoms with Crippen molar-refractivity contribution < 1.29 is 4.74 Å². The van der Waals surface area contributed by atoms with Crippen LogP contribution in [0.1, 0.15) is 24.1 Å². The third-order valence-corrected chi connectivity index (χ3v) is 5.30. The smallest absolute Gasteiger partial charge is 0.0945 e. The van der Waals surface area contributed by atoms with E-state index in [1.54, 1.807) is 0 Å². The molecule has 4 rings (SSSR count). The van der Waals surface area contributed by atoms with Gasteiger partial charge in [-0.05, 0) is 31.0 Å². The zero-order valence-electron chi connectivity index (χ0n) is 14.5. The Morgan fingerprint density at radius 2 is 2.33 bits per heavy atom. The highest BCUT2D eigenvalue weighted by Gasteiger charge is 2.45. The quantitative estimate of drug-likeness (QED) is 0.938. The Balaban J connectivity index is 1.35. The van der Waals surface area contributed by atoms with Crippen LogP contribution < -0.4 is 5.32 Å². The van der Waals surface area contributed by atoms with Gasteiger partial charge in [0.25, 0.3) is 0 Å². The van der Waals surface area contributed by atoms with Crippen LogP contribution in [-0.2, 0) is 18.3 Å². The van der Waals surface area contributed by atoms with E-state index in [9.17, 15) is 0 Å². The minimum Gasteiger partial charge on any atom is -0.380 e. The molecule has 5 nitrogen and oxygen atoms in total. The largest absolute Gasteiger partial charge is 0.380 e. The molecule has 0 saturated carbocycles. The summed E-state index contributed by atoms with van der Waals surface area (Å²) in [5.41, 5.74) is 3.78. The number of imidazole rings is 1. The van der Waals surface area contributed by atoms with Gasteiger partial charge in [0.2, 0.25) is 0 Å². The summed E-state index contributed by atoms with van der Waals surface area (Å²) in [4.78, 5) is 6.71. The molecule has 24 heavy (non-hydrogen) atoms. The predicted octanol–water partition coefficient (Wildman–Crippen LogP) is 2.57. The van der Waals surface area contributed by atoms with Crippen molar-refractivity contribution in [2.24, 2.45) is 7.05 Å². The van der Waals surface area contributed by atoms with Crippen molar-refractivity contribution in [2.75, 3.05) is 25.0 Å². The number of rotatable bonds is 4. The van der Waals surface area contributed by atoms with E-state index in [1.807, 2.05) is 12.5 Å². The summed E-state index contributed by atoms with van der Waals surface area (Å²) >= 11 is 0. The van der Waals surface area contributed by atoms with Gasteiger partial charge in [0.05, 0.1) is 30.3 Å². The fourth-order valence-corrected chi connectivity index (χ4v) is 4.02. The van der Waals surface area contributed by atoms with Crippen molar-refractivity contribution >= 4 is 5.69 Å². The van der Waals surface area contributed by atoms with E-state index in [0.717, 1.165) is 39.1 Å². The molecule has 1 aromatic carbocycles. The zero-order chi connectivity index (χ0) is 16.6. The maximum absolute atomic E-state index is 6.27. The Morgan fingerprint density at radius 3 is 3.12 bits per heavy atom. The molecule has 1 N–H and O–H groups in total. The lowest BCUT2D eigenvalue weighted by atomic mass is 9.97. The Morgan fingerprint density at radius 1 is 1.42 bits per heavy atom. The maximum Gasteiger partial charge on any atom is 0.0945 e. The lowest BCUT2D eigenvalue weighted by Gasteiger charge is -2.23. The van der Waals surface area contributed by atoms with Crippen LogP contribution in [0.25, 0.3) is 0 Å². The standard InChI is InChI=1S/C19H26N4O/c1-15-4-3-5-16(8-15)21-17-9-19(24-12-17)6-7-23(13-19)11-18-10-20-14-22(18)2/h3-5,8,10,14,17,21H,6-7,9,11-13H2,1-2H3/t17-,19-/m0/s1. The monoisotopic (exact) mass is 326 g/mol. The SMILES string of the molecule is Cc1cccc(N[C@@H]2CO[C@@]3(CCN(Cc4cncn4C)C3)C2)c1. The molecule has 1 spiro atoms. The van der Waals surface area contributed by atoms with Gasteiger partial charge in [0, 0.05) is 45.0 Å². The third kappa shape index (κ3) is 3.19. The van der Waals surface area contributed by atoms with Crippen LogP contribution in [0, 0.1) is 6.92 Å². The normalized spacial score (nSPS) is 27.2. The first kappa shape index (κ1) is 15.7. The fraction of sp³-hybridized carbons (Fsp3) is 0.526. The van der Waals surface area contributed by atoms with Crippen LogP contribution in [0.15, 0.2) is 36.8 Å². The summed E-state index contributed by atoms with van der Waals surface area (Å²) in [6.45, 7) is 6.00. The summed E-state index contributed by atoms with van der Waals surface area (Å²) < 4.78 is 8.37. The van der Waals surface area contributed by atoms with Gasteiger partial charge in [-0.15, -0.1) is 0 Å². The minimum atomic E-state index is 0.0279. The van der Waals surface area contributed by atoms with Gasteiger partial charge in [0.15, 0.2) is 0 Å². The molecule has 0 radical (unpaired) electrons. The Labute approximate surface area is 143 Å². The average Bonchev–Trinajstić information content (AvgIpc) is 3.24. The molecule has 2 saturated heterocycles. The van der Waals surface area contributed by atoms with Crippen LogP contribution in [0.4, 0.5) is 5.69 Å². The molecule has 0 unspecified atom stereocenters. The number of likely N-dealkylation sites (tertiary alicyclic amines) is 1. The van der Waals surface area contributed by atoms with Gasteiger partial charge < -0.3 is 14.6 Å². The molecule has 2 aliphatic heterocycles. The van der Waals surface area contributed by atoms with Gasteiger partial charge in [-0.25, -0.2) is 4.98 Å². The van der Waals surface area contributed by atoms with Crippen LogP contribution in [0.2, 0.25) is 0 Å². The van der Waals surface area contributed by atoms with E-state index < -0.39 is 0 Å². The van der Waals surface area contributed by atoms with E-state index in [1.165, 1.54) is 16.9 Å². The topological polar surface area (TPSA) is 42.3 Å². The van der Waals surface area contributed by atoms with Crippen molar-refractivity contribution in [3.05, 3.63) is 48.0 Å². The number of aryl methyl sites for hydroxylation is 2. The van der Waals surface area contributed by atoms with Gasteiger partial charge in [-0.2, -0.15) is 0 Å². The van der Waals surface area contributed by atoms with Crippen molar-refractivity contribution in [2.45, 2.75) is 38.0 Å². The second kappa shape index (κ2) is 6.22. The van der Waals surface area contributed by atoms with E-state index in [2.05, 4.69) is 58.0 Å². The number of hydrogen-bond donors (Lipinski definition) is 1. The van der Waals surface area contributed by atoms with Crippen molar-refractivity contribution in [3.63, 3.8) is 0 Å².